The predicted molar refractivity (Wildman–Crippen MR) is 76.3 cm³/mol. The molecule has 1 aliphatic rings. The SMILES string of the molecule is COC(=O)[C@@H](C)CN1CCN(c2ccccc2)CC1. The van der Waals surface area contributed by atoms with Gasteiger partial charge in [0.25, 0.3) is 0 Å². The lowest BCUT2D eigenvalue weighted by Gasteiger charge is -2.36. The number of benzene rings is 1. The van der Waals surface area contributed by atoms with Crippen LogP contribution in [0.15, 0.2) is 30.3 Å². The van der Waals surface area contributed by atoms with Crippen LogP contribution in [0.3, 0.4) is 0 Å². The van der Waals surface area contributed by atoms with Crippen molar-refractivity contribution in [3.8, 4) is 0 Å². The molecule has 1 fully saturated rings. The number of ether oxygens (including phenoxy) is 1. The zero-order valence-corrected chi connectivity index (χ0v) is 11.7. The minimum Gasteiger partial charge on any atom is -0.469 e. The van der Waals surface area contributed by atoms with Crippen LogP contribution in [0.2, 0.25) is 0 Å². The zero-order chi connectivity index (χ0) is 13.7. The molecule has 1 aliphatic heterocycles. The van der Waals surface area contributed by atoms with E-state index < -0.39 is 0 Å². The Morgan fingerprint density at radius 3 is 2.42 bits per heavy atom. The molecular weight excluding hydrogens is 240 g/mol. The van der Waals surface area contributed by atoms with Crippen molar-refractivity contribution in [3.63, 3.8) is 0 Å². The van der Waals surface area contributed by atoms with Crippen molar-refractivity contribution >= 4 is 11.7 Å². The zero-order valence-electron chi connectivity index (χ0n) is 11.7. The molecule has 1 atom stereocenters. The van der Waals surface area contributed by atoms with Crippen molar-refractivity contribution in [2.75, 3.05) is 44.7 Å². The van der Waals surface area contributed by atoms with Gasteiger partial charge in [0.05, 0.1) is 13.0 Å². The summed E-state index contributed by atoms with van der Waals surface area (Å²) in [5.41, 5.74) is 1.28. The molecule has 0 unspecified atom stereocenters. The highest BCUT2D eigenvalue weighted by Gasteiger charge is 2.21. The molecule has 0 N–H and O–H groups in total. The van der Waals surface area contributed by atoms with Crippen LogP contribution < -0.4 is 4.90 Å². The van der Waals surface area contributed by atoms with Gasteiger partial charge < -0.3 is 9.64 Å². The smallest absolute Gasteiger partial charge is 0.309 e. The normalized spacial score (nSPS) is 18.1. The van der Waals surface area contributed by atoms with Gasteiger partial charge in [0.1, 0.15) is 0 Å². The molecule has 4 heteroatoms. The summed E-state index contributed by atoms with van der Waals surface area (Å²) in [5.74, 6) is -0.168. The van der Waals surface area contributed by atoms with E-state index in [0.717, 1.165) is 32.7 Å². The van der Waals surface area contributed by atoms with E-state index >= 15 is 0 Å². The lowest BCUT2D eigenvalue weighted by molar-refractivity contribution is -0.145. The van der Waals surface area contributed by atoms with E-state index in [-0.39, 0.29) is 11.9 Å². The van der Waals surface area contributed by atoms with Crippen molar-refractivity contribution in [1.82, 2.24) is 4.90 Å². The van der Waals surface area contributed by atoms with Crippen LogP contribution in [-0.4, -0.2) is 50.7 Å². The van der Waals surface area contributed by atoms with Crippen LogP contribution in [0.4, 0.5) is 5.69 Å². The summed E-state index contributed by atoms with van der Waals surface area (Å²) >= 11 is 0. The number of hydrogen-bond acceptors (Lipinski definition) is 4. The first-order chi connectivity index (χ1) is 9.20. The molecule has 0 saturated carbocycles. The Balaban J connectivity index is 1.81. The van der Waals surface area contributed by atoms with Gasteiger partial charge in [-0.3, -0.25) is 9.69 Å². The van der Waals surface area contributed by atoms with Gasteiger partial charge in [0, 0.05) is 38.4 Å². The number of rotatable bonds is 4. The summed E-state index contributed by atoms with van der Waals surface area (Å²) in [6.45, 7) is 6.73. The fourth-order valence-electron chi connectivity index (χ4n) is 2.49. The van der Waals surface area contributed by atoms with Crippen molar-refractivity contribution in [2.45, 2.75) is 6.92 Å². The largest absolute Gasteiger partial charge is 0.469 e. The molecule has 0 radical (unpaired) electrons. The quantitative estimate of drug-likeness (QED) is 0.772. The Bertz CT molecular complexity index is 400. The van der Waals surface area contributed by atoms with Gasteiger partial charge in [-0.05, 0) is 12.1 Å². The molecule has 0 spiro atoms. The van der Waals surface area contributed by atoms with Crippen LogP contribution in [0.1, 0.15) is 6.92 Å². The maximum Gasteiger partial charge on any atom is 0.309 e. The first-order valence-corrected chi connectivity index (χ1v) is 6.81. The molecule has 0 amide bonds. The Labute approximate surface area is 115 Å². The first kappa shape index (κ1) is 13.9. The van der Waals surface area contributed by atoms with Crippen LogP contribution in [0.5, 0.6) is 0 Å². The van der Waals surface area contributed by atoms with Crippen LogP contribution in [0.25, 0.3) is 0 Å². The summed E-state index contributed by atoms with van der Waals surface area (Å²) < 4.78 is 4.77. The fraction of sp³-hybridized carbons (Fsp3) is 0.533. The van der Waals surface area contributed by atoms with E-state index in [1.165, 1.54) is 12.8 Å². The number of esters is 1. The fourth-order valence-corrected chi connectivity index (χ4v) is 2.49. The summed E-state index contributed by atoms with van der Waals surface area (Å²) in [5, 5.41) is 0. The molecule has 2 rings (SSSR count). The Morgan fingerprint density at radius 1 is 1.21 bits per heavy atom. The predicted octanol–water partition coefficient (Wildman–Crippen LogP) is 1.62. The molecule has 1 aromatic carbocycles. The molecule has 19 heavy (non-hydrogen) atoms. The Morgan fingerprint density at radius 2 is 1.84 bits per heavy atom. The summed E-state index contributed by atoms with van der Waals surface area (Å²) in [6.07, 6.45) is 0. The summed E-state index contributed by atoms with van der Waals surface area (Å²) in [6, 6.07) is 10.5. The molecule has 1 saturated heterocycles. The molecule has 0 aromatic heterocycles. The van der Waals surface area contributed by atoms with Gasteiger partial charge >= 0.3 is 5.97 Å². The highest BCUT2D eigenvalue weighted by molar-refractivity contribution is 5.72. The van der Waals surface area contributed by atoms with E-state index in [1.54, 1.807) is 0 Å². The third-order valence-corrected chi connectivity index (χ3v) is 3.63. The standard InChI is InChI=1S/C15H22N2O2/c1-13(15(18)19-2)12-16-8-10-17(11-9-16)14-6-4-3-5-7-14/h3-7,13H,8-12H2,1-2H3/t13-/m0/s1. The average Bonchev–Trinajstić information content (AvgIpc) is 2.48. The first-order valence-electron chi connectivity index (χ1n) is 6.81. The lowest BCUT2D eigenvalue weighted by Crippen LogP contribution is -2.48. The number of piperazine rings is 1. The highest BCUT2D eigenvalue weighted by Crippen LogP contribution is 2.16. The molecule has 4 nitrogen and oxygen atoms in total. The second-order valence-electron chi connectivity index (χ2n) is 5.05. The monoisotopic (exact) mass is 262 g/mol. The van der Waals surface area contributed by atoms with E-state index in [0.29, 0.717) is 0 Å². The Hall–Kier alpha value is -1.55. The third-order valence-electron chi connectivity index (χ3n) is 3.63. The number of hydrogen-bond donors (Lipinski definition) is 0. The van der Waals surface area contributed by atoms with Gasteiger partial charge in [-0.1, -0.05) is 25.1 Å². The number of para-hydroxylation sites is 1. The van der Waals surface area contributed by atoms with Crippen molar-refractivity contribution in [2.24, 2.45) is 5.92 Å². The number of nitrogens with zero attached hydrogens (tertiary/aromatic N) is 2. The van der Waals surface area contributed by atoms with E-state index in [2.05, 4.69) is 34.1 Å². The van der Waals surface area contributed by atoms with Gasteiger partial charge in [0.15, 0.2) is 0 Å². The van der Waals surface area contributed by atoms with Gasteiger partial charge in [0.2, 0.25) is 0 Å². The molecule has 0 bridgehead atoms. The molecule has 1 aromatic rings. The molecular formula is C15H22N2O2. The molecule has 104 valence electrons. The number of carbonyl (C=O) groups is 1. The highest BCUT2D eigenvalue weighted by atomic mass is 16.5. The van der Waals surface area contributed by atoms with Gasteiger partial charge in [-0.15, -0.1) is 0 Å². The van der Waals surface area contributed by atoms with E-state index in [9.17, 15) is 4.79 Å². The maximum absolute atomic E-state index is 11.4. The number of anilines is 1. The lowest BCUT2D eigenvalue weighted by atomic mass is 10.1. The summed E-state index contributed by atoms with van der Waals surface area (Å²) in [4.78, 5) is 16.1. The van der Waals surface area contributed by atoms with E-state index in [4.69, 9.17) is 4.74 Å². The maximum atomic E-state index is 11.4. The second kappa shape index (κ2) is 6.57. The van der Waals surface area contributed by atoms with Gasteiger partial charge in [-0.2, -0.15) is 0 Å². The number of methoxy groups -OCH3 is 1. The van der Waals surface area contributed by atoms with Crippen LogP contribution in [0, 0.1) is 5.92 Å². The number of carbonyl (C=O) groups excluding carboxylic acids is 1. The minimum atomic E-state index is -0.120. The minimum absolute atomic E-state index is 0.0479. The van der Waals surface area contributed by atoms with Gasteiger partial charge in [-0.25, -0.2) is 0 Å². The molecule has 1 heterocycles. The third kappa shape index (κ3) is 3.70. The summed E-state index contributed by atoms with van der Waals surface area (Å²) in [7, 11) is 1.45. The Kier molecular flexibility index (Phi) is 4.80. The van der Waals surface area contributed by atoms with E-state index in [1.807, 2.05) is 13.0 Å². The van der Waals surface area contributed by atoms with Crippen molar-refractivity contribution in [1.29, 1.82) is 0 Å². The van der Waals surface area contributed by atoms with Crippen molar-refractivity contribution in [3.05, 3.63) is 30.3 Å². The molecule has 0 aliphatic carbocycles. The topological polar surface area (TPSA) is 32.8 Å². The second-order valence-corrected chi connectivity index (χ2v) is 5.05. The van der Waals surface area contributed by atoms with Crippen LogP contribution in [-0.2, 0) is 9.53 Å². The van der Waals surface area contributed by atoms with Crippen LogP contribution >= 0.6 is 0 Å². The van der Waals surface area contributed by atoms with Crippen molar-refractivity contribution < 1.29 is 9.53 Å². The average molecular weight is 262 g/mol.